The van der Waals surface area contributed by atoms with Gasteiger partial charge in [-0.25, -0.2) is 9.89 Å². The molecular weight excluding hydrogens is 472 g/mol. The summed E-state index contributed by atoms with van der Waals surface area (Å²) in [5.41, 5.74) is 10.9. The van der Waals surface area contributed by atoms with Crippen molar-refractivity contribution in [3.63, 3.8) is 0 Å². The van der Waals surface area contributed by atoms with E-state index in [9.17, 15) is 4.79 Å². The molecule has 0 spiro atoms. The average Bonchev–Trinajstić information content (AvgIpc) is 3.34. The van der Waals surface area contributed by atoms with E-state index in [0.29, 0.717) is 22.4 Å². The lowest BCUT2D eigenvalue weighted by atomic mass is 9.99. The zero-order valence-electron chi connectivity index (χ0n) is 19.1. The average molecular weight is 495 g/mol. The maximum atomic E-state index is 12.8. The number of H-pyrrole nitrogens is 1. The number of aromatic nitrogens is 5. The molecule has 5 aromatic rings. The molecule has 9 nitrogen and oxygen atoms in total. The third kappa shape index (κ3) is 5.50. The Hall–Kier alpha value is -4.70. The number of urea groups is 1. The minimum Gasteiger partial charge on any atom is -0.368 e. The first-order chi connectivity index (χ1) is 17.7. The van der Waals surface area contributed by atoms with Gasteiger partial charge in [0.1, 0.15) is 0 Å². The van der Waals surface area contributed by atoms with E-state index in [1.807, 2.05) is 84.9 Å². The largest absolute Gasteiger partial charge is 0.368 e. The molecule has 0 aliphatic carbocycles. The van der Waals surface area contributed by atoms with E-state index < -0.39 is 6.03 Å². The van der Waals surface area contributed by atoms with Gasteiger partial charge in [-0.1, -0.05) is 84.6 Å². The van der Waals surface area contributed by atoms with Crippen molar-refractivity contribution in [1.82, 2.24) is 25.4 Å². The molecule has 36 heavy (non-hydrogen) atoms. The van der Waals surface area contributed by atoms with E-state index in [-0.39, 0.29) is 5.95 Å². The van der Waals surface area contributed by atoms with Crippen LogP contribution in [-0.2, 0) is 5.75 Å². The van der Waals surface area contributed by atoms with Crippen LogP contribution in [0.15, 0.2) is 96.2 Å². The molecule has 10 heteroatoms. The van der Waals surface area contributed by atoms with Crippen molar-refractivity contribution < 1.29 is 4.79 Å². The molecule has 5 N–H and O–H groups in total. The number of benzene rings is 3. The number of hydrogen-bond donors (Lipinski definition) is 4. The Morgan fingerprint density at radius 1 is 0.833 bits per heavy atom. The maximum absolute atomic E-state index is 12.8. The predicted octanol–water partition coefficient (Wildman–Crippen LogP) is 5.45. The number of amides is 2. The van der Waals surface area contributed by atoms with Crippen LogP contribution >= 0.6 is 11.8 Å². The van der Waals surface area contributed by atoms with Crippen LogP contribution in [0.5, 0.6) is 0 Å². The normalized spacial score (nSPS) is 10.7. The SMILES string of the molecule is Nc1nc(SCc2ccccc2-c2ccccc2NC(=O)Nc2ccc(-c3ccccc3)nn2)n[nH]1. The monoisotopic (exact) mass is 494 g/mol. The van der Waals surface area contributed by atoms with Crippen LogP contribution in [0.25, 0.3) is 22.4 Å². The van der Waals surface area contributed by atoms with Crippen LogP contribution in [0.2, 0.25) is 0 Å². The lowest BCUT2D eigenvalue weighted by Crippen LogP contribution is -2.20. The van der Waals surface area contributed by atoms with Gasteiger partial charge >= 0.3 is 6.03 Å². The summed E-state index contributed by atoms with van der Waals surface area (Å²) in [6.07, 6.45) is 0. The number of carbonyl (C=O) groups excluding carboxylic acids is 1. The Morgan fingerprint density at radius 3 is 2.33 bits per heavy atom. The summed E-state index contributed by atoms with van der Waals surface area (Å²) >= 11 is 1.48. The van der Waals surface area contributed by atoms with Crippen LogP contribution in [0.4, 0.5) is 22.2 Å². The highest BCUT2D eigenvalue weighted by Crippen LogP contribution is 2.33. The van der Waals surface area contributed by atoms with E-state index in [4.69, 9.17) is 5.73 Å². The van der Waals surface area contributed by atoms with Gasteiger partial charge in [-0.05, 0) is 29.3 Å². The summed E-state index contributed by atoms with van der Waals surface area (Å²) in [5, 5.41) is 21.3. The van der Waals surface area contributed by atoms with Gasteiger partial charge in [-0.15, -0.1) is 15.3 Å². The summed E-state index contributed by atoms with van der Waals surface area (Å²) in [6.45, 7) is 0. The van der Waals surface area contributed by atoms with Crippen molar-refractivity contribution in [3.05, 3.63) is 96.6 Å². The molecule has 0 saturated heterocycles. The highest BCUT2D eigenvalue weighted by atomic mass is 32.2. The van der Waals surface area contributed by atoms with Crippen molar-refractivity contribution in [1.29, 1.82) is 0 Å². The summed E-state index contributed by atoms with van der Waals surface area (Å²) in [4.78, 5) is 16.9. The molecule has 0 aliphatic heterocycles. The van der Waals surface area contributed by atoms with E-state index in [2.05, 4.69) is 36.0 Å². The highest BCUT2D eigenvalue weighted by molar-refractivity contribution is 7.98. The second-order valence-corrected chi connectivity index (χ2v) is 8.69. The third-order valence-electron chi connectivity index (χ3n) is 5.30. The number of nitrogens with two attached hydrogens (primary N) is 1. The number of para-hydroxylation sites is 1. The molecular formula is C26H22N8OS. The Labute approximate surface area is 211 Å². The second kappa shape index (κ2) is 10.7. The summed E-state index contributed by atoms with van der Waals surface area (Å²) in [6, 6.07) is 28.5. The lowest BCUT2D eigenvalue weighted by molar-refractivity contribution is 0.262. The highest BCUT2D eigenvalue weighted by Gasteiger charge is 2.13. The molecule has 0 saturated carbocycles. The van der Waals surface area contributed by atoms with E-state index in [1.54, 1.807) is 6.07 Å². The standard InChI is InChI=1S/C26H22N8OS/c27-24-30-26(34-33-24)36-16-18-10-4-5-11-19(18)20-12-6-7-13-22(20)28-25(35)29-23-15-14-21(31-32-23)17-8-2-1-3-9-17/h1-15H,16H2,(H3,27,30,33,34)(H2,28,29,32,35). The number of carbonyl (C=O) groups is 1. The van der Waals surface area contributed by atoms with E-state index >= 15 is 0 Å². The van der Waals surface area contributed by atoms with Crippen molar-refractivity contribution in [2.75, 3.05) is 16.4 Å². The Morgan fingerprint density at radius 2 is 1.58 bits per heavy atom. The van der Waals surface area contributed by atoms with Gasteiger partial charge in [-0.2, -0.15) is 4.98 Å². The third-order valence-corrected chi connectivity index (χ3v) is 6.19. The van der Waals surface area contributed by atoms with E-state index in [1.165, 1.54) is 11.8 Å². The molecule has 178 valence electrons. The van der Waals surface area contributed by atoms with Crippen LogP contribution in [-0.4, -0.2) is 31.4 Å². The molecule has 0 aliphatic rings. The van der Waals surface area contributed by atoms with Crippen LogP contribution in [0, 0.1) is 0 Å². The fourth-order valence-electron chi connectivity index (χ4n) is 3.63. The topological polar surface area (TPSA) is 134 Å². The van der Waals surface area contributed by atoms with Crippen molar-refractivity contribution in [3.8, 4) is 22.4 Å². The molecule has 0 bridgehead atoms. The van der Waals surface area contributed by atoms with Crippen LogP contribution < -0.4 is 16.4 Å². The molecule has 2 aromatic heterocycles. The number of nitrogens with zero attached hydrogens (tertiary/aromatic N) is 4. The first-order valence-corrected chi connectivity index (χ1v) is 12.1. The fraction of sp³-hybridized carbons (Fsp3) is 0.0385. The van der Waals surface area contributed by atoms with E-state index in [0.717, 1.165) is 27.9 Å². The molecule has 0 atom stereocenters. The molecule has 0 fully saturated rings. The molecule has 5 rings (SSSR count). The van der Waals surface area contributed by atoms with Gasteiger partial charge in [0.05, 0.1) is 11.4 Å². The van der Waals surface area contributed by atoms with Gasteiger partial charge in [0, 0.05) is 16.9 Å². The number of aromatic amines is 1. The van der Waals surface area contributed by atoms with Gasteiger partial charge in [0.15, 0.2) is 5.82 Å². The van der Waals surface area contributed by atoms with Crippen molar-refractivity contribution in [2.45, 2.75) is 10.9 Å². The minimum atomic E-state index is -0.410. The molecule has 3 aromatic carbocycles. The Bertz CT molecular complexity index is 1470. The summed E-state index contributed by atoms with van der Waals surface area (Å²) in [7, 11) is 0. The van der Waals surface area contributed by atoms with Crippen LogP contribution in [0.1, 0.15) is 5.56 Å². The number of hydrogen-bond acceptors (Lipinski definition) is 7. The first-order valence-electron chi connectivity index (χ1n) is 11.1. The molecule has 0 unspecified atom stereocenters. The predicted molar refractivity (Wildman–Crippen MR) is 142 cm³/mol. The number of nitrogens with one attached hydrogen (secondary N) is 3. The summed E-state index contributed by atoms with van der Waals surface area (Å²) in [5.74, 6) is 1.27. The first kappa shape index (κ1) is 23.1. The van der Waals surface area contributed by atoms with Gasteiger partial charge < -0.3 is 11.1 Å². The number of rotatable bonds is 7. The van der Waals surface area contributed by atoms with Gasteiger partial charge in [0.2, 0.25) is 11.1 Å². The van der Waals surface area contributed by atoms with Crippen molar-refractivity contribution >= 4 is 35.2 Å². The summed E-state index contributed by atoms with van der Waals surface area (Å²) < 4.78 is 0. The lowest BCUT2D eigenvalue weighted by Gasteiger charge is -2.14. The second-order valence-electron chi connectivity index (χ2n) is 7.74. The number of anilines is 3. The number of thioether (sulfide) groups is 1. The fourth-order valence-corrected chi connectivity index (χ4v) is 4.44. The van der Waals surface area contributed by atoms with Gasteiger partial charge in [0.25, 0.3) is 0 Å². The Balaban J connectivity index is 1.30. The maximum Gasteiger partial charge on any atom is 0.324 e. The van der Waals surface area contributed by atoms with Crippen molar-refractivity contribution in [2.24, 2.45) is 0 Å². The van der Waals surface area contributed by atoms with Gasteiger partial charge in [-0.3, -0.25) is 5.32 Å². The molecule has 0 radical (unpaired) electrons. The number of nitrogen functional groups attached to an aromatic ring is 1. The Kier molecular flexibility index (Phi) is 6.86. The quantitative estimate of drug-likeness (QED) is 0.221. The zero-order chi connectivity index (χ0) is 24.7. The zero-order valence-corrected chi connectivity index (χ0v) is 19.9. The smallest absolute Gasteiger partial charge is 0.324 e. The minimum absolute atomic E-state index is 0.283. The van der Waals surface area contributed by atoms with Crippen LogP contribution in [0.3, 0.4) is 0 Å². The molecule has 2 amide bonds. The molecule has 2 heterocycles.